The number of aliphatic carboxylic acids is 1. The summed E-state index contributed by atoms with van der Waals surface area (Å²) in [5, 5.41) is 11.3. The Labute approximate surface area is 135 Å². The molecule has 0 saturated heterocycles. The molecule has 1 aromatic carbocycles. The number of nitrogens with zero attached hydrogens (tertiary/aromatic N) is 1. The number of amides is 2. The largest absolute Gasteiger partial charge is 0.480 e. The fourth-order valence-corrected chi connectivity index (χ4v) is 2.01. The minimum absolute atomic E-state index is 0.134. The summed E-state index contributed by atoms with van der Waals surface area (Å²) in [6.45, 7) is 1.44. The summed E-state index contributed by atoms with van der Waals surface area (Å²) in [4.78, 5) is 35.9. The van der Waals surface area contributed by atoms with E-state index in [1.807, 2.05) is 30.3 Å². The van der Waals surface area contributed by atoms with E-state index in [4.69, 9.17) is 9.84 Å². The molecule has 1 aromatic rings. The zero-order chi connectivity index (χ0) is 17.2. The lowest BCUT2D eigenvalue weighted by atomic mass is 10.1. The summed E-state index contributed by atoms with van der Waals surface area (Å²) in [6.07, 6.45) is 0.619. The van der Waals surface area contributed by atoms with Crippen molar-refractivity contribution in [1.29, 1.82) is 0 Å². The quantitative estimate of drug-likeness (QED) is 0.681. The zero-order valence-corrected chi connectivity index (χ0v) is 13.3. The molecule has 0 fully saturated rings. The van der Waals surface area contributed by atoms with E-state index in [1.54, 1.807) is 0 Å². The van der Waals surface area contributed by atoms with Crippen molar-refractivity contribution < 1.29 is 24.2 Å². The summed E-state index contributed by atoms with van der Waals surface area (Å²) < 4.78 is 4.75. The Kier molecular flexibility index (Phi) is 7.76. The number of benzene rings is 1. The van der Waals surface area contributed by atoms with E-state index in [0.717, 1.165) is 5.56 Å². The fraction of sp³-hybridized carbons (Fsp3) is 0.438. The highest BCUT2D eigenvalue weighted by Crippen LogP contribution is 2.02. The van der Waals surface area contributed by atoms with Crippen molar-refractivity contribution in [3.8, 4) is 0 Å². The van der Waals surface area contributed by atoms with E-state index < -0.39 is 17.9 Å². The first-order valence-corrected chi connectivity index (χ1v) is 7.24. The minimum Gasteiger partial charge on any atom is -0.480 e. The minimum atomic E-state index is -1.18. The van der Waals surface area contributed by atoms with Crippen LogP contribution in [-0.4, -0.2) is 60.6 Å². The SMILES string of the molecule is COCC(NC(=O)CN(CCc1ccccc1)C(C)=O)C(=O)O. The van der Waals surface area contributed by atoms with Gasteiger partial charge < -0.3 is 20.1 Å². The Morgan fingerprint density at radius 2 is 1.91 bits per heavy atom. The van der Waals surface area contributed by atoms with Gasteiger partial charge in [0.1, 0.15) is 0 Å². The Hall–Kier alpha value is -2.41. The van der Waals surface area contributed by atoms with Crippen LogP contribution in [0.3, 0.4) is 0 Å². The van der Waals surface area contributed by atoms with Gasteiger partial charge in [0.25, 0.3) is 0 Å². The summed E-state index contributed by atoms with van der Waals surface area (Å²) in [5.74, 6) is -1.95. The molecular weight excluding hydrogens is 300 g/mol. The van der Waals surface area contributed by atoms with Gasteiger partial charge in [-0.25, -0.2) is 4.79 Å². The van der Waals surface area contributed by atoms with Gasteiger partial charge in [-0.05, 0) is 12.0 Å². The molecule has 0 heterocycles. The third-order valence-electron chi connectivity index (χ3n) is 3.26. The van der Waals surface area contributed by atoms with E-state index in [-0.39, 0.29) is 19.1 Å². The van der Waals surface area contributed by atoms with Crippen LogP contribution in [0.1, 0.15) is 12.5 Å². The van der Waals surface area contributed by atoms with Gasteiger partial charge >= 0.3 is 5.97 Å². The first-order chi connectivity index (χ1) is 10.9. The van der Waals surface area contributed by atoms with Crippen molar-refractivity contribution >= 4 is 17.8 Å². The lowest BCUT2D eigenvalue weighted by molar-refractivity contribution is -0.143. The van der Waals surface area contributed by atoms with Crippen LogP contribution in [0.25, 0.3) is 0 Å². The molecule has 0 aliphatic carbocycles. The van der Waals surface area contributed by atoms with Crippen LogP contribution in [0, 0.1) is 0 Å². The summed E-state index contributed by atoms with van der Waals surface area (Å²) in [5.41, 5.74) is 1.06. The van der Waals surface area contributed by atoms with E-state index in [2.05, 4.69) is 5.32 Å². The molecule has 2 N–H and O–H groups in total. The van der Waals surface area contributed by atoms with Crippen molar-refractivity contribution in [3.63, 3.8) is 0 Å². The maximum atomic E-state index is 11.9. The number of methoxy groups -OCH3 is 1. The number of carboxylic acid groups (broad SMARTS) is 1. The second kappa shape index (κ2) is 9.58. The van der Waals surface area contributed by atoms with Gasteiger partial charge in [-0.3, -0.25) is 9.59 Å². The molecule has 23 heavy (non-hydrogen) atoms. The van der Waals surface area contributed by atoms with Gasteiger partial charge in [-0.2, -0.15) is 0 Å². The summed E-state index contributed by atoms with van der Waals surface area (Å²) in [7, 11) is 1.35. The number of ether oxygens (including phenoxy) is 1. The number of carbonyl (C=O) groups excluding carboxylic acids is 2. The van der Waals surface area contributed by atoms with Gasteiger partial charge in [0.15, 0.2) is 6.04 Å². The summed E-state index contributed by atoms with van der Waals surface area (Å²) in [6, 6.07) is 8.47. The van der Waals surface area contributed by atoms with Crippen LogP contribution in [0.5, 0.6) is 0 Å². The molecule has 1 rings (SSSR count). The Morgan fingerprint density at radius 3 is 2.43 bits per heavy atom. The monoisotopic (exact) mass is 322 g/mol. The average molecular weight is 322 g/mol. The van der Waals surface area contributed by atoms with Crippen molar-refractivity contribution in [1.82, 2.24) is 10.2 Å². The molecule has 0 aromatic heterocycles. The Bertz CT molecular complexity index is 533. The zero-order valence-electron chi connectivity index (χ0n) is 13.3. The Morgan fingerprint density at radius 1 is 1.26 bits per heavy atom. The van der Waals surface area contributed by atoms with Gasteiger partial charge in [0.05, 0.1) is 13.2 Å². The number of carbonyl (C=O) groups is 3. The highest BCUT2D eigenvalue weighted by atomic mass is 16.5. The van der Waals surface area contributed by atoms with Crippen LogP contribution in [0.15, 0.2) is 30.3 Å². The molecule has 1 unspecified atom stereocenters. The fourth-order valence-electron chi connectivity index (χ4n) is 2.01. The molecule has 0 spiro atoms. The van der Waals surface area contributed by atoms with Crippen LogP contribution in [0.4, 0.5) is 0 Å². The molecule has 0 aliphatic rings. The maximum Gasteiger partial charge on any atom is 0.328 e. The molecular formula is C16H22N2O5. The van der Waals surface area contributed by atoms with Crippen LogP contribution in [-0.2, 0) is 25.5 Å². The van der Waals surface area contributed by atoms with Crippen molar-refractivity contribution in [2.75, 3.05) is 26.8 Å². The standard InChI is InChI=1S/C16H22N2O5/c1-12(19)18(9-8-13-6-4-3-5-7-13)10-15(20)17-14(11-23-2)16(21)22/h3-7,14H,8-11H2,1-2H3,(H,17,20)(H,21,22). The van der Waals surface area contributed by atoms with Crippen LogP contribution >= 0.6 is 0 Å². The highest BCUT2D eigenvalue weighted by molar-refractivity contribution is 5.87. The first-order valence-electron chi connectivity index (χ1n) is 7.24. The molecule has 7 heteroatoms. The van der Waals surface area contributed by atoms with Crippen molar-refractivity contribution in [3.05, 3.63) is 35.9 Å². The third-order valence-corrected chi connectivity index (χ3v) is 3.26. The van der Waals surface area contributed by atoms with Crippen molar-refractivity contribution in [2.45, 2.75) is 19.4 Å². The first kappa shape index (κ1) is 18.6. The van der Waals surface area contributed by atoms with E-state index >= 15 is 0 Å². The second-order valence-electron chi connectivity index (χ2n) is 5.09. The second-order valence-corrected chi connectivity index (χ2v) is 5.09. The molecule has 0 aliphatic heterocycles. The number of nitrogens with one attached hydrogen (secondary N) is 1. The topological polar surface area (TPSA) is 95.9 Å². The number of hydrogen-bond acceptors (Lipinski definition) is 4. The normalized spacial score (nSPS) is 11.6. The van der Waals surface area contributed by atoms with Gasteiger partial charge in [0.2, 0.25) is 11.8 Å². The predicted octanol–water partition coefficient (Wildman–Crippen LogP) is 0.293. The highest BCUT2D eigenvalue weighted by Gasteiger charge is 2.21. The number of carboxylic acids is 1. The van der Waals surface area contributed by atoms with Crippen molar-refractivity contribution in [2.24, 2.45) is 0 Å². The molecule has 0 bridgehead atoms. The Balaban J connectivity index is 2.56. The van der Waals surface area contributed by atoms with Gasteiger partial charge in [-0.1, -0.05) is 30.3 Å². The molecule has 126 valence electrons. The van der Waals surface area contributed by atoms with E-state index in [1.165, 1.54) is 18.9 Å². The molecule has 7 nitrogen and oxygen atoms in total. The lowest BCUT2D eigenvalue weighted by Crippen LogP contribution is -2.48. The van der Waals surface area contributed by atoms with Crippen LogP contribution < -0.4 is 5.32 Å². The predicted molar refractivity (Wildman–Crippen MR) is 83.8 cm³/mol. The maximum absolute atomic E-state index is 11.9. The molecule has 0 saturated carbocycles. The lowest BCUT2D eigenvalue weighted by Gasteiger charge is -2.22. The molecule has 1 atom stereocenters. The van der Waals surface area contributed by atoms with Gasteiger partial charge in [0, 0.05) is 20.6 Å². The van der Waals surface area contributed by atoms with Gasteiger partial charge in [-0.15, -0.1) is 0 Å². The van der Waals surface area contributed by atoms with E-state index in [9.17, 15) is 14.4 Å². The summed E-state index contributed by atoms with van der Waals surface area (Å²) >= 11 is 0. The number of rotatable bonds is 9. The third kappa shape index (κ3) is 6.92. The average Bonchev–Trinajstić information content (AvgIpc) is 2.51. The van der Waals surface area contributed by atoms with E-state index in [0.29, 0.717) is 13.0 Å². The number of hydrogen-bond donors (Lipinski definition) is 2. The molecule has 0 radical (unpaired) electrons. The van der Waals surface area contributed by atoms with Crippen LogP contribution in [0.2, 0.25) is 0 Å². The smallest absolute Gasteiger partial charge is 0.328 e. The molecule has 2 amide bonds.